The van der Waals surface area contributed by atoms with Gasteiger partial charge >= 0.3 is 5.97 Å². The molecule has 1 aromatic rings. The van der Waals surface area contributed by atoms with Gasteiger partial charge in [-0.15, -0.1) is 0 Å². The summed E-state index contributed by atoms with van der Waals surface area (Å²) in [5.74, 6) is -6.69. The Morgan fingerprint density at radius 2 is 1.76 bits per heavy atom. The predicted octanol–water partition coefficient (Wildman–Crippen LogP) is 2.62. The summed E-state index contributed by atoms with van der Waals surface area (Å²) in [4.78, 5) is 22.9. The van der Waals surface area contributed by atoms with Crippen LogP contribution in [0.15, 0.2) is 12.1 Å². The summed E-state index contributed by atoms with van der Waals surface area (Å²) in [5, 5.41) is 11.4. The minimum atomic E-state index is -1.72. The second kappa shape index (κ2) is 5.75. The molecule has 1 fully saturated rings. The van der Waals surface area contributed by atoms with E-state index in [2.05, 4.69) is 5.32 Å². The molecule has 1 aromatic carbocycles. The fourth-order valence-electron chi connectivity index (χ4n) is 2.70. The number of carboxylic acids is 1. The second-order valence-electron chi connectivity index (χ2n) is 5.23. The highest BCUT2D eigenvalue weighted by molar-refractivity contribution is 5.95. The Kier molecular flexibility index (Phi) is 4.20. The van der Waals surface area contributed by atoms with E-state index >= 15 is 0 Å². The summed E-state index contributed by atoms with van der Waals surface area (Å²) in [5.41, 5.74) is -1.59. The van der Waals surface area contributed by atoms with E-state index in [1.165, 1.54) is 0 Å². The van der Waals surface area contributed by atoms with E-state index in [0.29, 0.717) is 18.9 Å². The molecule has 0 atom stereocenters. The monoisotopic (exact) mass is 301 g/mol. The Hall–Kier alpha value is -2.05. The van der Waals surface area contributed by atoms with Crippen molar-refractivity contribution in [1.29, 1.82) is 0 Å². The highest BCUT2D eigenvalue weighted by Gasteiger charge is 2.38. The number of benzene rings is 1. The van der Waals surface area contributed by atoms with Crippen LogP contribution in [-0.4, -0.2) is 22.5 Å². The van der Waals surface area contributed by atoms with Gasteiger partial charge in [-0.05, 0) is 25.0 Å². The predicted molar refractivity (Wildman–Crippen MR) is 67.2 cm³/mol. The number of hydrogen-bond donors (Lipinski definition) is 2. The molecule has 1 aliphatic carbocycles. The van der Waals surface area contributed by atoms with Crippen LogP contribution in [-0.2, 0) is 4.79 Å². The summed E-state index contributed by atoms with van der Waals surface area (Å²) in [6.45, 7) is 0. The number of carboxylic acid groups (broad SMARTS) is 1. The van der Waals surface area contributed by atoms with E-state index in [9.17, 15) is 22.8 Å². The maximum Gasteiger partial charge on any atom is 0.305 e. The molecular weight excluding hydrogens is 287 g/mol. The number of amides is 1. The summed E-state index contributed by atoms with van der Waals surface area (Å²) < 4.78 is 39.6. The lowest BCUT2D eigenvalue weighted by molar-refractivity contribution is -0.138. The Labute approximate surface area is 119 Å². The highest BCUT2D eigenvalue weighted by atomic mass is 19.2. The van der Waals surface area contributed by atoms with Gasteiger partial charge in [0.05, 0.1) is 17.5 Å². The number of halogens is 3. The van der Waals surface area contributed by atoms with Gasteiger partial charge in [0, 0.05) is 0 Å². The van der Waals surface area contributed by atoms with Crippen molar-refractivity contribution in [2.24, 2.45) is 0 Å². The Balaban J connectivity index is 2.24. The first-order valence-electron chi connectivity index (χ1n) is 6.52. The van der Waals surface area contributed by atoms with Crippen LogP contribution in [0.3, 0.4) is 0 Å². The van der Waals surface area contributed by atoms with E-state index in [-0.39, 0.29) is 6.42 Å². The molecule has 0 unspecified atom stereocenters. The molecule has 0 radical (unpaired) electrons. The average Bonchev–Trinajstić information content (AvgIpc) is 2.83. The largest absolute Gasteiger partial charge is 0.481 e. The van der Waals surface area contributed by atoms with Gasteiger partial charge in [-0.25, -0.2) is 13.2 Å². The summed E-state index contributed by atoms with van der Waals surface area (Å²) >= 11 is 0. The number of nitrogens with one attached hydrogen (secondary N) is 1. The zero-order valence-corrected chi connectivity index (χ0v) is 11.1. The van der Waals surface area contributed by atoms with Crippen LogP contribution in [0.4, 0.5) is 13.2 Å². The van der Waals surface area contributed by atoms with Crippen molar-refractivity contribution in [3.05, 3.63) is 35.1 Å². The lowest BCUT2D eigenvalue weighted by Crippen LogP contribution is -2.48. The zero-order chi connectivity index (χ0) is 15.6. The molecular formula is C14H14F3NO3. The number of carbonyl (C=O) groups excluding carboxylic acids is 1. The lowest BCUT2D eigenvalue weighted by atomic mass is 9.92. The fraction of sp³-hybridized carbons (Fsp3) is 0.429. The molecule has 0 heterocycles. The maximum absolute atomic E-state index is 13.6. The molecule has 0 bridgehead atoms. The van der Waals surface area contributed by atoms with Crippen molar-refractivity contribution >= 4 is 11.9 Å². The minimum Gasteiger partial charge on any atom is -0.481 e. The van der Waals surface area contributed by atoms with E-state index in [4.69, 9.17) is 5.11 Å². The van der Waals surface area contributed by atoms with Crippen LogP contribution in [0.1, 0.15) is 42.5 Å². The molecule has 7 heteroatoms. The number of carbonyl (C=O) groups is 2. The molecule has 0 saturated heterocycles. The molecule has 1 aliphatic rings. The smallest absolute Gasteiger partial charge is 0.305 e. The van der Waals surface area contributed by atoms with Crippen molar-refractivity contribution in [2.45, 2.75) is 37.6 Å². The Bertz CT molecular complexity index is 583. The van der Waals surface area contributed by atoms with E-state index in [1.54, 1.807) is 0 Å². The lowest BCUT2D eigenvalue weighted by Gasteiger charge is -2.28. The molecule has 2 N–H and O–H groups in total. The molecule has 21 heavy (non-hydrogen) atoms. The summed E-state index contributed by atoms with van der Waals surface area (Å²) in [6, 6.07) is 1.50. The molecule has 1 saturated carbocycles. The summed E-state index contributed by atoms with van der Waals surface area (Å²) in [7, 11) is 0. The fourth-order valence-corrected chi connectivity index (χ4v) is 2.70. The Morgan fingerprint density at radius 1 is 1.14 bits per heavy atom. The first kappa shape index (κ1) is 15.3. The third kappa shape index (κ3) is 3.17. The van der Waals surface area contributed by atoms with Crippen LogP contribution in [0.2, 0.25) is 0 Å². The van der Waals surface area contributed by atoms with Crippen LogP contribution < -0.4 is 5.32 Å². The number of rotatable bonds is 4. The van der Waals surface area contributed by atoms with Gasteiger partial charge in [0.15, 0.2) is 17.5 Å². The van der Waals surface area contributed by atoms with Crippen molar-refractivity contribution in [1.82, 2.24) is 5.32 Å². The number of hydrogen-bond acceptors (Lipinski definition) is 2. The van der Waals surface area contributed by atoms with Crippen LogP contribution in [0, 0.1) is 17.5 Å². The van der Waals surface area contributed by atoms with Crippen molar-refractivity contribution in [2.75, 3.05) is 0 Å². The van der Waals surface area contributed by atoms with Gasteiger partial charge in [0.25, 0.3) is 5.91 Å². The van der Waals surface area contributed by atoms with Gasteiger partial charge in [0.2, 0.25) is 0 Å². The molecule has 0 aliphatic heterocycles. The quantitative estimate of drug-likeness (QED) is 0.840. The normalized spacial score (nSPS) is 16.7. The first-order chi connectivity index (χ1) is 9.84. The molecule has 114 valence electrons. The zero-order valence-electron chi connectivity index (χ0n) is 11.1. The second-order valence-corrected chi connectivity index (χ2v) is 5.23. The van der Waals surface area contributed by atoms with Crippen LogP contribution in [0.5, 0.6) is 0 Å². The molecule has 0 spiro atoms. The van der Waals surface area contributed by atoms with E-state index < -0.39 is 40.4 Å². The van der Waals surface area contributed by atoms with Crippen molar-refractivity contribution in [3.8, 4) is 0 Å². The third-order valence-electron chi connectivity index (χ3n) is 3.71. The summed E-state index contributed by atoms with van der Waals surface area (Å²) in [6.07, 6.45) is 2.11. The van der Waals surface area contributed by atoms with Gasteiger partial charge in [-0.1, -0.05) is 12.8 Å². The Morgan fingerprint density at radius 3 is 2.33 bits per heavy atom. The molecule has 2 rings (SSSR count). The standard InChI is InChI=1S/C14H14F3NO3/c15-9-4-3-8(11(16)12(9)17)13(21)18-14(7-10(19)20)5-1-2-6-14/h3-4H,1-2,5-7H2,(H,18,21)(H,19,20). The van der Waals surface area contributed by atoms with Gasteiger partial charge < -0.3 is 10.4 Å². The topological polar surface area (TPSA) is 66.4 Å². The van der Waals surface area contributed by atoms with E-state index in [1.807, 2.05) is 0 Å². The molecule has 4 nitrogen and oxygen atoms in total. The van der Waals surface area contributed by atoms with Gasteiger partial charge in [0.1, 0.15) is 0 Å². The molecule has 0 aromatic heterocycles. The third-order valence-corrected chi connectivity index (χ3v) is 3.71. The average molecular weight is 301 g/mol. The van der Waals surface area contributed by atoms with Gasteiger partial charge in [-0.2, -0.15) is 0 Å². The maximum atomic E-state index is 13.6. The first-order valence-corrected chi connectivity index (χ1v) is 6.52. The van der Waals surface area contributed by atoms with Crippen LogP contribution in [0.25, 0.3) is 0 Å². The van der Waals surface area contributed by atoms with Crippen molar-refractivity contribution in [3.63, 3.8) is 0 Å². The van der Waals surface area contributed by atoms with Gasteiger partial charge in [-0.3, -0.25) is 9.59 Å². The van der Waals surface area contributed by atoms with Crippen LogP contribution >= 0.6 is 0 Å². The highest BCUT2D eigenvalue weighted by Crippen LogP contribution is 2.33. The SMILES string of the molecule is O=C(O)CC1(NC(=O)c2ccc(F)c(F)c2F)CCCC1. The number of aliphatic carboxylic acids is 1. The van der Waals surface area contributed by atoms with Crippen molar-refractivity contribution < 1.29 is 27.9 Å². The van der Waals surface area contributed by atoms with E-state index in [0.717, 1.165) is 18.9 Å². The minimum absolute atomic E-state index is 0.288. The molecule has 1 amide bonds.